The molecule has 0 aliphatic heterocycles. The Morgan fingerprint density at radius 1 is 0.571 bits per heavy atom. The van der Waals surface area contributed by atoms with E-state index in [0.717, 1.165) is 38.5 Å². The molecule has 4 nitrogen and oxygen atoms in total. The van der Waals surface area contributed by atoms with Crippen LogP contribution in [-0.4, -0.2) is 28.6 Å². The van der Waals surface area contributed by atoms with Gasteiger partial charge in [0.05, 0.1) is 0 Å². The van der Waals surface area contributed by atoms with Crippen LogP contribution in [0.3, 0.4) is 0 Å². The maximum absolute atomic E-state index is 12.1. The van der Waals surface area contributed by atoms with Gasteiger partial charge in [-0.1, -0.05) is 67.2 Å². The molecule has 0 bridgehead atoms. The minimum absolute atomic E-state index is 0.0417. The van der Waals surface area contributed by atoms with Crippen molar-refractivity contribution < 1.29 is 18.4 Å². The topological polar surface area (TPSA) is 52.6 Å². The van der Waals surface area contributed by atoms with Gasteiger partial charge in [0.1, 0.15) is 0 Å². The Hall–Kier alpha value is -0.626. The fraction of sp³-hybridized carbons (Fsp3) is 0.909. The zero-order valence-electron chi connectivity index (χ0n) is 20.3. The number of hydrogen-bond acceptors (Lipinski definition) is 4. The molecule has 28 heavy (non-hydrogen) atoms. The highest BCUT2D eigenvalue weighted by atomic mass is 28.4. The van der Waals surface area contributed by atoms with Crippen molar-refractivity contribution in [1.82, 2.24) is 0 Å². The fourth-order valence-electron chi connectivity index (χ4n) is 2.22. The molecule has 0 spiro atoms. The maximum atomic E-state index is 12.1. The van der Waals surface area contributed by atoms with E-state index in [4.69, 9.17) is 8.85 Å². The van der Waals surface area contributed by atoms with E-state index in [1.165, 1.54) is 0 Å². The molecule has 0 amide bonds. The van der Waals surface area contributed by atoms with Crippen LogP contribution in [0.25, 0.3) is 0 Å². The molecule has 0 aliphatic carbocycles. The Morgan fingerprint density at radius 3 is 1.07 bits per heavy atom. The summed E-state index contributed by atoms with van der Waals surface area (Å²) in [6.07, 6.45) is 7.11. The molecular formula is C22H46O4Si2. The van der Waals surface area contributed by atoms with Crippen molar-refractivity contribution in [2.75, 3.05) is 0 Å². The van der Waals surface area contributed by atoms with E-state index in [9.17, 15) is 9.59 Å². The van der Waals surface area contributed by atoms with Gasteiger partial charge < -0.3 is 8.85 Å². The highest BCUT2D eigenvalue weighted by molar-refractivity contribution is 6.75. The predicted octanol–water partition coefficient (Wildman–Crippen LogP) is 7.20. The van der Waals surface area contributed by atoms with Gasteiger partial charge in [0.15, 0.2) is 0 Å². The van der Waals surface area contributed by atoms with Gasteiger partial charge in [-0.25, -0.2) is 0 Å². The lowest BCUT2D eigenvalue weighted by Gasteiger charge is -2.35. The van der Waals surface area contributed by atoms with E-state index < -0.39 is 16.6 Å². The Kier molecular flexibility index (Phi) is 10.7. The number of hydrogen-bond donors (Lipinski definition) is 0. The van der Waals surface area contributed by atoms with E-state index >= 15 is 0 Å². The standard InChI is InChI=1S/C22H46O4Si2/c1-21(2,3)27(7,8)25-19(23)17-15-13-11-12-14-16-18-20(24)26-28(9,10)22(4,5)6/h11-18H2,1-10H3. The van der Waals surface area contributed by atoms with E-state index in [1.807, 2.05) is 0 Å². The average Bonchev–Trinajstić information content (AvgIpc) is 2.46. The molecule has 6 heteroatoms. The normalized spacial score (nSPS) is 13.4. The Labute approximate surface area is 176 Å². The Morgan fingerprint density at radius 2 is 0.821 bits per heavy atom. The summed E-state index contributed by atoms with van der Waals surface area (Å²) >= 11 is 0. The van der Waals surface area contributed by atoms with Crippen molar-refractivity contribution in [1.29, 1.82) is 0 Å². The first-order chi connectivity index (χ1) is 12.5. The molecule has 0 rings (SSSR count). The number of unbranched alkanes of at least 4 members (excludes halogenated alkanes) is 5. The van der Waals surface area contributed by atoms with Gasteiger partial charge in [0.25, 0.3) is 28.6 Å². The lowest BCUT2D eigenvalue weighted by atomic mass is 10.1. The van der Waals surface area contributed by atoms with Crippen molar-refractivity contribution >= 4 is 28.6 Å². The average molecular weight is 431 g/mol. The second-order valence-electron chi connectivity index (χ2n) is 11.1. The second kappa shape index (κ2) is 11.0. The smallest absolute Gasteiger partial charge is 0.292 e. The third-order valence-corrected chi connectivity index (χ3v) is 15.1. The zero-order valence-corrected chi connectivity index (χ0v) is 22.3. The molecule has 0 aromatic rings. The fourth-order valence-corrected chi connectivity index (χ4v) is 4.18. The first-order valence-electron chi connectivity index (χ1n) is 10.9. The number of carbonyl (C=O) groups is 2. The van der Waals surface area contributed by atoms with Gasteiger partial charge in [0, 0.05) is 12.8 Å². The molecule has 0 aromatic carbocycles. The monoisotopic (exact) mass is 430 g/mol. The third kappa shape index (κ3) is 10.2. The summed E-state index contributed by atoms with van der Waals surface area (Å²) in [6, 6.07) is 0. The van der Waals surface area contributed by atoms with Gasteiger partial charge in [-0.15, -0.1) is 0 Å². The minimum Gasteiger partial charge on any atom is -0.519 e. The highest BCUT2D eigenvalue weighted by Gasteiger charge is 2.41. The molecule has 0 unspecified atom stereocenters. The van der Waals surface area contributed by atoms with Gasteiger partial charge in [0.2, 0.25) is 0 Å². The molecule has 0 aromatic heterocycles. The summed E-state index contributed by atoms with van der Waals surface area (Å²) in [7, 11) is -3.97. The van der Waals surface area contributed by atoms with Gasteiger partial charge in [-0.2, -0.15) is 0 Å². The minimum atomic E-state index is -1.98. The van der Waals surface area contributed by atoms with Crippen molar-refractivity contribution in [3.05, 3.63) is 0 Å². The van der Waals surface area contributed by atoms with Crippen LogP contribution in [0.15, 0.2) is 0 Å². The predicted molar refractivity (Wildman–Crippen MR) is 124 cm³/mol. The van der Waals surface area contributed by atoms with Crippen LogP contribution in [0, 0.1) is 0 Å². The molecular weight excluding hydrogens is 384 g/mol. The first kappa shape index (κ1) is 27.4. The van der Waals surface area contributed by atoms with Crippen LogP contribution in [0.1, 0.15) is 92.9 Å². The van der Waals surface area contributed by atoms with Crippen molar-refractivity contribution in [3.63, 3.8) is 0 Å². The molecule has 0 heterocycles. The summed E-state index contributed by atoms with van der Waals surface area (Å²) < 4.78 is 11.6. The van der Waals surface area contributed by atoms with Gasteiger partial charge >= 0.3 is 0 Å². The van der Waals surface area contributed by atoms with Crippen molar-refractivity contribution in [3.8, 4) is 0 Å². The van der Waals surface area contributed by atoms with Crippen LogP contribution in [0.5, 0.6) is 0 Å². The van der Waals surface area contributed by atoms with Gasteiger partial charge in [-0.3, -0.25) is 9.59 Å². The largest absolute Gasteiger partial charge is 0.519 e. The summed E-state index contributed by atoms with van der Waals surface area (Å²) in [4.78, 5) is 24.1. The third-order valence-electron chi connectivity index (χ3n) is 6.36. The van der Waals surface area contributed by atoms with Crippen LogP contribution in [-0.2, 0) is 18.4 Å². The quantitative estimate of drug-likeness (QED) is 0.257. The first-order valence-corrected chi connectivity index (χ1v) is 16.7. The molecule has 0 fully saturated rings. The summed E-state index contributed by atoms with van der Waals surface area (Å²) in [5.74, 6) is -0.0834. The number of carbonyl (C=O) groups excluding carboxylic acids is 2. The summed E-state index contributed by atoms with van der Waals surface area (Å²) in [5.41, 5.74) is 0. The summed E-state index contributed by atoms with van der Waals surface area (Å²) in [5, 5.41) is 0.128. The van der Waals surface area contributed by atoms with E-state index in [0.29, 0.717) is 12.8 Å². The lowest BCUT2D eigenvalue weighted by Crippen LogP contribution is -2.42. The molecule has 0 N–H and O–H groups in total. The highest BCUT2D eigenvalue weighted by Crippen LogP contribution is 2.37. The van der Waals surface area contributed by atoms with E-state index in [1.54, 1.807) is 0 Å². The maximum Gasteiger partial charge on any atom is 0.292 e. The number of rotatable bonds is 11. The van der Waals surface area contributed by atoms with Crippen molar-refractivity contribution in [2.24, 2.45) is 0 Å². The Bertz CT molecular complexity index is 454. The van der Waals surface area contributed by atoms with Crippen LogP contribution in [0.4, 0.5) is 0 Å². The van der Waals surface area contributed by atoms with Gasteiger partial charge in [-0.05, 0) is 49.1 Å². The van der Waals surface area contributed by atoms with E-state index in [2.05, 4.69) is 67.7 Å². The lowest BCUT2D eigenvalue weighted by molar-refractivity contribution is -0.136. The second-order valence-corrected chi connectivity index (χ2v) is 20.5. The summed E-state index contributed by atoms with van der Waals surface area (Å²) in [6.45, 7) is 21.3. The molecule has 0 atom stereocenters. The molecule has 166 valence electrons. The SMILES string of the molecule is CC(C)(C)[Si](C)(C)OC(=O)CCCCCCCCC(=O)O[Si](C)(C)C(C)(C)C. The zero-order chi connectivity index (χ0) is 22.2. The van der Waals surface area contributed by atoms with Crippen LogP contribution < -0.4 is 0 Å². The van der Waals surface area contributed by atoms with Crippen molar-refractivity contribution in [2.45, 2.75) is 129 Å². The van der Waals surface area contributed by atoms with E-state index in [-0.39, 0.29) is 22.0 Å². The van der Waals surface area contributed by atoms with Crippen LogP contribution >= 0.6 is 0 Å². The molecule has 0 aliphatic rings. The molecule has 0 saturated carbocycles. The Balaban J connectivity index is 3.84. The van der Waals surface area contributed by atoms with Crippen LogP contribution in [0.2, 0.25) is 36.3 Å². The molecule has 0 saturated heterocycles. The molecule has 0 radical (unpaired) electrons.